The highest BCUT2D eigenvalue weighted by atomic mass is 32.2. The van der Waals surface area contributed by atoms with E-state index in [-0.39, 0.29) is 11.9 Å². The lowest BCUT2D eigenvalue weighted by Gasteiger charge is -2.19. The van der Waals surface area contributed by atoms with Crippen molar-refractivity contribution >= 4 is 34.9 Å². The summed E-state index contributed by atoms with van der Waals surface area (Å²) in [7, 11) is 4.10. The van der Waals surface area contributed by atoms with Crippen LogP contribution in [-0.4, -0.2) is 63.2 Å². The molecule has 4 rings (SSSR count). The van der Waals surface area contributed by atoms with E-state index < -0.39 is 0 Å². The standard InChI is InChI=1S/C24H31N7O2S2/c1-4-33-22-15-25-13-20(28-22)21-14-27-24(34-21)23(32)29-18(6-5-11-31(2)3)19-12-16(9-10-26-19)30-35-17-7-8-17/h9-10,12-15,17-18H,4-8,11H2,1-3H3,(H,26,30)(H,29,32). The number of nitrogens with one attached hydrogen (secondary N) is 2. The van der Waals surface area contributed by atoms with Gasteiger partial charge in [-0.15, -0.1) is 11.3 Å². The van der Waals surface area contributed by atoms with E-state index in [9.17, 15) is 4.79 Å². The zero-order valence-corrected chi connectivity index (χ0v) is 21.9. The molecule has 2 N–H and O–H groups in total. The van der Waals surface area contributed by atoms with E-state index in [1.54, 1.807) is 36.7 Å². The molecule has 1 saturated carbocycles. The second-order valence-electron chi connectivity index (χ2n) is 8.57. The highest BCUT2D eigenvalue weighted by molar-refractivity contribution is 8.01. The predicted octanol–water partition coefficient (Wildman–Crippen LogP) is 4.43. The number of anilines is 1. The fourth-order valence-electron chi connectivity index (χ4n) is 3.35. The summed E-state index contributed by atoms with van der Waals surface area (Å²) in [5.41, 5.74) is 2.47. The molecular weight excluding hydrogens is 482 g/mol. The van der Waals surface area contributed by atoms with Crippen LogP contribution in [0.2, 0.25) is 0 Å². The van der Waals surface area contributed by atoms with Crippen LogP contribution in [0.15, 0.2) is 36.9 Å². The van der Waals surface area contributed by atoms with Crippen molar-refractivity contribution < 1.29 is 9.53 Å². The molecule has 1 amide bonds. The summed E-state index contributed by atoms with van der Waals surface area (Å²) < 4.78 is 8.85. The van der Waals surface area contributed by atoms with Crippen molar-refractivity contribution in [1.29, 1.82) is 0 Å². The number of rotatable bonds is 13. The van der Waals surface area contributed by atoms with Gasteiger partial charge in [0.2, 0.25) is 5.88 Å². The van der Waals surface area contributed by atoms with Crippen LogP contribution in [0, 0.1) is 0 Å². The van der Waals surface area contributed by atoms with Crippen molar-refractivity contribution in [1.82, 2.24) is 30.2 Å². The predicted molar refractivity (Wildman–Crippen MR) is 141 cm³/mol. The number of aromatic nitrogens is 4. The Hall–Kier alpha value is -2.76. The third kappa shape index (κ3) is 7.61. The van der Waals surface area contributed by atoms with E-state index in [1.807, 2.05) is 33.2 Å². The average molecular weight is 514 g/mol. The molecule has 1 atom stereocenters. The molecule has 0 aliphatic heterocycles. The van der Waals surface area contributed by atoms with Crippen LogP contribution in [0.25, 0.3) is 10.6 Å². The van der Waals surface area contributed by atoms with Crippen molar-refractivity contribution in [3.8, 4) is 16.5 Å². The smallest absolute Gasteiger partial charge is 0.280 e. The van der Waals surface area contributed by atoms with Gasteiger partial charge in [0.15, 0.2) is 5.01 Å². The Balaban J connectivity index is 1.47. The minimum absolute atomic E-state index is 0.219. The Kier molecular flexibility index (Phi) is 8.89. The minimum Gasteiger partial charge on any atom is -0.477 e. The Morgan fingerprint density at radius 2 is 2.14 bits per heavy atom. The molecule has 3 aromatic heterocycles. The van der Waals surface area contributed by atoms with Crippen molar-refractivity contribution in [2.45, 2.75) is 43.9 Å². The van der Waals surface area contributed by atoms with Crippen LogP contribution in [0.1, 0.15) is 54.1 Å². The van der Waals surface area contributed by atoms with Gasteiger partial charge >= 0.3 is 0 Å². The molecule has 9 nitrogen and oxygen atoms in total. The third-order valence-electron chi connectivity index (χ3n) is 5.27. The first-order chi connectivity index (χ1) is 17.0. The van der Waals surface area contributed by atoms with Gasteiger partial charge < -0.3 is 19.7 Å². The Bertz CT molecular complexity index is 1120. The normalized spacial score (nSPS) is 14.1. The largest absolute Gasteiger partial charge is 0.477 e. The molecule has 1 aliphatic carbocycles. The molecule has 1 aliphatic rings. The summed E-state index contributed by atoms with van der Waals surface area (Å²) in [5, 5.41) is 4.23. The fraction of sp³-hybridized carbons (Fsp3) is 0.458. The number of nitrogens with zero attached hydrogens (tertiary/aromatic N) is 5. The zero-order chi connectivity index (χ0) is 24.6. The van der Waals surface area contributed by atoms with Gasteiger partial charge in [-0.05, 0) is 77.3 Å². The molecule has 0 radical (unpaired) electrons. The van der Waals surface area contributed by atoms with Crippen molar-refractivity contribution in [3.63, 3.8) is 0 Å². The molecule has 1 unspecified atom stereocenters. The van der Waals surface area contributed by atoms with Crippen molar-refractivity contribution in [2.24, 2.45) is 0 Å². The Morgan fingerprint density at radius 3 is 2.91 bits per heavy atom. The molecule has 3 heterocycles. The van der Waals surface area contributed by atoms with Crippen molar-refractivity contribution in [3.05, 3.63) is 47.6 Å². The first kappa shape index (κ1) is 25.3. The monoisotopic (exact) mass is 513 g/mol. The third-order valence-corrected chi connectivity index (χ3v) is 7.44. The van der Waals surface area contributed by atoms with Gasteiger partial charge in [0.1, 0.15) is 5.69 Å². The van der Waals surface area contributed by atoms with Crippen LogP contribution in [-0.2, 0) is 0 Å². The maximum atomic E-state index is 13.2. The van der Waals surface area contributed by atoms with E-state index in [0.29, 0.717) is 28.4 Å². The maximum Gasteiger partial charge on any atom is 0.280 e. The molecule has 186 valence electrons. The molecule has 0 aromatic carbocycles. The fourth-order valence-corrected chi connectivity index (χ4v) is 4.92. The number of carbonyl (C=O) groups is 1. The number of amides is 1. The topological polar surface area (TPSA) is 105 Å². The van der Waals surface area contributed by atoms with E-state index in [0.717, 1.165) is 35.6 Å². The van der Waals surface area contributed by atoms with E-state index >= 15 is 0 Å². The van der Waals surface area contributed by atoms with Gasteiger partial charge in [0.05, 0.1) is 35.6 Å². The van der Waals surface area contributed by atoms with Gasteiger partial charge in [0, 0.05) is 23.3 Å². The Labute approximate surface area is 214 Å². The first-order valence-corrected chi connectivity index (χ1v) is 13.5. The number of hydrogen-bond acceptors (Lipinski definition) is 10. The van der Waals surface area contributed by atoms with Crippen LogP contribution in [0.5, 0.6) is 5.88 Å². The summed E-state index contributed by atoms with van der Waals surface area (Å²) >= 11 is 3.04. The summed E-state index contributed by atoms with van der Waals surface area (Å²) in [6, 6.07) is 3.77. The van der Waals surface area contributed by atoms with Crippen LogP contribution in [0.3, 0.4) is 0 Å². The molecule has 0 spiro atoms. The van der Waals surface area contributed by atoms with Gasteiger partial charge in [-0.3, -0.25) is 14.8 Å². The Morgan fingerprint density at radius 1 is 1.29 bits per heavy atom. The highest BCUT2D eigenvalue weighted by Gasteiger charge is 2.23. The molecule has 1 fully saturated rings. The van der Waals surface area contributed by atoms with Crippen LogP contribution >= 0.6 is 23.3 Å². The first-order valence-electron chi connectivity index (χ1n) is 11.8. The summed E-state index contributed by atoms with van der Waals surface area (Å²) in [6.07, 6.45) is 10.9. The number of thiazole rings is 1. The molecule has 35 heavy (non-hydrogen) atoms. The second-order valence-corrected chi connectivity index (χ2v) is 10.7. The lowest BCUT2D eigenvalue weighted by molar-refractivity contribution is 0.0932. The van der Waals surface area contributed by atoms with Gasteiger partial charge in [-0.2, -0.15) is 0 Å². The lowest BCUT2D eigenvalue weighted by Crippen LogP contribution is -2.29. The van der Waals surface area contributed by atoms with E-state index in [1.165, 1.54) is 24.2 Å². The van der Waals surface area contributed by atoms with Gasteiger partial charge in [-0.25, -0.2) is 9.97 Å². The molecule has 11 heteroatoms. The number of carbonyl (C=O) groups excluding carboxylic acids is 1. The minimum atomic E-state index is -0.224. The van der Waals surface area contributed by atoms with Gasteiger partial charge in [0.25, 0.3) is 5.91 Å². The number of ether oxygens (including phenoxy) is 1. The van der Waals surface area contributed by atoms with Crippen LogP contribution < -0.4 is 14.8 Å². The maximum absolute atomic E-state index is 13.2. The molecular formula is C24H31N7O2S2. The van der Waals surface area contributed by atoms with Gasteiger partial charge in [-0.1, -0.05) is 0 Å². The summed E-state index contributed by atoms with van der Waals surface area (Å²) in [6.45, 7) is 3.33. The van der Waals surface area contributed by atoms with Crippen molar-refractivity contribution in [2.75, 3.05) is 32.0 Å². The molecule has 0 saturated heterocycles. The molecule has 0 bridgehead atoms. The molecule has 3 aromatic rings. The average Bonchev–Trinajstić information content (AvgIpc) is 3.55. The number of hydrogen-bond donors (Lipinski definition) is 2. The zero-order valence-electron chi connectivity index (χ0n) is 20.2. The van der Waals surface area contributed by atoms with E-state index in [4.69, 9.17) is 4.74 Å². The lowest BCUT2D eigenvalue weighted by atomic mass is 10.1. The van der Waals surface area contributed by atoms with Crippen LogP contribution in [0.4, 0.5) is 5.69 Å². The SMILES string of the molecule is CCOc1cncc(-c2cnc(C(=O)NC(CCCN(C)C)c3cc(NSC4CC4)ccn3)s2)n1. The number of pyridine rings is 1. The summed E-state index contributed by atoms with van der Waals surface area (Å²) in [4.78, 5) is 33.6. The van der Waals surface area contributed by atoms with E-state index in [2.05, 4.69) is 34.9 Å². The second kappa shape index (κ2) is 12.3. The summed E-state index contributed by atoms with van der Waals surface area (Å²) in [5.74, 6) is 0.224. The highest BCUT2D eigenvalue weighted by Crippen LogP contribution is 2.34. The quantitative estimate of drug-likeness (QED) is 0.321.